The standard InChI is InChI=1S/C25H35NO2/c1-19(21-13-15-22(16-14-21)25(2,3)4)26(5)18-23(27)11-7-9-20-10-8-12-24(17-20)28-6/h8,10,12-17,19H,7,9,11,18H2,1-6H3. The van der Waals surface area contributed by atoms with Crippen molar-refractivity contribution < 1.29 is 9.53 Å². The van der Waals surface area contributed by atoms with Crippen LogP contribution in [-0.4, -0.2) is 31.4 Å². The average molecular weight is 382 g/mol. The molecule has 0 bridgehead atoms. The van der Waals surface area contributed by atoms with Gasteiger partial charge in [0.05, 0.1) is 13.7 Å². The van der Waals surface area contributed by atoms with Gasteiger partial charge in [0.25, 0.3) is 0 Å². The van der Waals surface area contributed by atoms with Gasteiger partial charge in [-0.1, -0.05) is 57.2 Å². The summed E-state index contributed by atoms with van der Waals surface area (Å²) in [6.07, 6.45) is 2.38. The van der Waals surface area contributed by atoms with E-state index in [0.29, 0.717) is 18.7 Å². The van der Waals surface area contributed by atoms with E-state index in [4.69, 9.17) is 4.74 Å². The quantitative estimate of drug-likeness (QED) is 0.568. The van der Waals surface area contributed by atoms with Crippen molar-refractivity contribution in [3.05, 3.63) is 65.2 Å². The van der Waals surface area contributed by atoms with E-state index >= 15 is 0 Å². The lowest BCUT2D eigenvalue weighted by Gasteiger charge is -2.26. The Bertz CT molecular complexity index is 759. The topological polar surface area (TPSA) is 29.5 Å². The number of Topliss-reactive ketones (excluding diaryl/α,β-unsaturated/α-hetero) is 1. The first-order valence-electron chi connectivity index (χ1n) is 10.2. The van der Waals surface area contributed by atoms with E-state index in [9.17, 15) is 4.79 Å². The minimum atomic E-state index is 0.159. The molecule has 0 aliphatic carbocycles. The van der Waals surface area contributed by atoms with Gasteiger partial charge in [0.15, 0.2) is 0 Å². The summed E-state index contributed by atoms with van der Waals surface area (Å²) in [6, 6.07) is 17.1. The molecule has 0 radical (unpaired) electrons. The number of hydrogen-bond donors (Lipinski definition) is 0. The Hall–Kier alpha value is -2.13. The fourth-order valence-corrected chi connectivity index (χ4v) is 3.33. The van der Waals surface area contributed by atoms with Gasteiger partial charge in [0.2, 0.25) is 0 Å². The van der Waals surface area contributed by atoms with Crippen LogP contribution in [0, 0.1) is 0 Å². The fourth-order valence-electron chi connectivity index (χ4n) is 3.33. The van der Waals surface area contributed by atoms with Crippen molar-refractivity contribution in [2.75, 3.05) is 20.7 Å². The zero-order chi connectivity index (χ0) is 20.7. The summed E-state index contributed by atoms with van der Waals surface area (Å²) in [5.41, 5.74) is 3.96. The molecule has 0 saturated heterocycles. The van der Waals surface area contributed by atoms with Crippen LogP contribution in [0.25, 0.3) is 0 Å². The lowest BCUT2D eigenvalue weighted by molar-refractivity contribution is -0.120. The van der Waals surface area contributed by atoms with Crippen LogP contribution in [0.5, 0.6) is 5.75 Å². The molecule has 2 aromatic rings. The Labute approximate surface area is 170 Å². The number of rotatable bonds is 9. The van der Waals surface area contributed by atoms with Crippen LogP contribution < -0.4 is 4.74 Å². The van der Waals surface area contributed by atoms with Crippen LogP contribution in [-0.2, 0) is 16.6 Å². The first-order valence-corrected chi connectivity index (χ1v) is 10.2. The number of hydrogen-bond acceptors (Lipinski definition) is 3. The van der Waals surface area contributed by atoms with Crippen molar-refractivity contribution in [2.24, 2.45) is 0 Å². The third-order valence-electron chi connectivity index (χ3n) is 5.40. The molecule has 0 aromatic heterocycles. The van der Waals surface area contributed by atoms with E-state index in [1.54, 1.807) is 7.11 Å². The van der Waals surface area contributed by atoms with Crippen molar-refractivity contribution in [2.45, 2.75) is 58.4 Å². The molecule has 0 aliphatic heterocycles. The number of aryl methyl sites for hydroxylation is 1. The number of carbonyl (C=O) groups is 1. The van der Waals surface area contributed by atoms with Crippen LogP contribution in [0.15, 0.2) is 48.5 Å². The molecule has 0 aliphatic rings. The van der Waals surface area contributed by atoms with E-state index in [1.165, 1.54) is 16.7 Å². The van der Waals surface area contributed by atoms with Crippen molar-refractivity contribution in [1.29, 1.82) is 0 Å². The molecule has 2 rings (SSSR count). The predicted octanol–water partition coefficient (Wildman–Crippen LogP) is 5.58. The van der Waals surface area contributed by atoms with Crippen molar-refractivity contribution in [3.63, 3.8) is 0 Å². The third-order valence-corrected chi connectivity index (χ3v) is 5.40. The second kappa shape index (κ2) is 9.88. The molecule has 0 spiro atoms. The summed E-state index contributed by atoms with van der Waals surface area (Å²) in [7, 11) is 3.71. The van der Waals surface area contributed by atoms with Gasteiger partial charge in [0, 0.05) is 12.5 Å². The first kappa shape index (κ1) is 22.2. The second-order valence-corrected chi connectivity index (χ2v) is 8.71. The molecular formula is C25H35NO2. The molecule has 0 amide bonds. The van der Waals surface area contributed by atoms with E-state index < -0.39 is 0 Å². The van der Waals surface area contributed by atoms with Gasteiger partial charge < -0.3 is 4.74 Å². The highest BCUT2D eigenvalue weighted by Crippen LogP contribution is 2.25. The van der Waals surface area contributed by atoms with Gasteiger partial charge in [-0.05, 0) is 61.1 Å². The van der Waals surface area contributed by atoms with E-state index in [1.807, 2.05) is 25.2 Å². The molecule has 28 heavy (non-hydrogen) atoms. The molecule has 1 unspecified atom stereocenters. The smallest absolute Gasteiger partial charge is 0.146 e. The Kier molecular flexibility index (Phi) is 7.82. The number of ketones is 1. The summed E-state index contributed by atoms with van der Waals surface area (Å²) >= 11 is 0. The molecule has 1 atom stereocenters. The van der Waals surface area contributed by atoms with Crippen LogP contribution in [0.3, 0.4) is 0 Å². The Morgan fingerprint density at radius 1 is 1.11 bits per heavy atom. The number of nitrogens with zero attached hydrogens (tertiary/aromatic N) is 1. The number of carbonyl (C=O) groups excluding carboxylic acids is 1. The molecule has 3 nitrogen and oxygen atoms in total. The molecule has 0 fully saturated rings. The number of likely N-dealkylation sites (N-methyl/N-ethyl adjacent to an activating group) is 1. The Balaban J connectivity index is 1.82. The van der Waals surface area contributed by atoms with Crippen LogP contribution in [0.2, 0.25) is 0 Å². The maximum absolute atomic E-state index is 12.4. The second-order valence-electron chi connectivity index (χ2n) is 8.71. The fraction of sp³-hybridized carbons (Fsp3) is 0.480. The SMILES string of the molecule is COc1cccc(CCCC(=O)CN(C)C(C)c2ccc(C(C)(C)C)cc2)c1. The number of benzene rings is 2. The zero-order valence-corrected chi connectivity index (χ0v) is 18.3. The van der Waals surface area contributed by atoms with Gasteiger partial charge in [-0.15, -0.1) is 0 Å². The summed E-state index contributed by atoms with van der Waals surface area (Å²) in [4.78, 5) is 14.6. The van der Waals surface area contributed by atoms with Gasteiger partial charge >= 0.3 is 0 Å². The third kappa shape index (κ3) is 6.49. The minimum Gasteiger partial charge on any atom is -0.497 e. The monoisotopic (exact) mass is 381 g/mol. The average Bonchev–Trinajstić information content (AvgIpc) is 2.67. The van der Waals surface area contributed by atoms with Crippen molar-refractivity contribution in [3.8, 4) is 5.75 Å². The molecule has 0 saturated carbocycles. The highest BCUT2D eigenvalue weighted by molar-refractivity contribution is 5.80. The van der Waals surface area contributed by atoms with Gasteiger partial charge in [-0.25, -0.2) is 0 Å². The van der Waals surface area contributed by atoms with E-state index in [-0.39, 0.29) is 11.5 Å². The molecule has 0 heterocycles. The van der Waals surface area contributed by atoms with Crippen LogP contribution in [0.1, 0.15) is 63.3 Å². The molecular weight excluding hydrogens is 346 g/mol. The summed E-state index contributed by atoms with van der Waals surface area (Å²) in [5, 5.41) is 0. The van der Waals surface area contributed by atoms with Crippen molar-refractivity contribution >= 4 is 5.78 Å². The number of methoxy groups -OCH3 is 1. The number of ether oxygens (including phenoxy) is 1. The minimum absolute atomic E-state index is 0.159. The van der Waals surface area contributed by atoms with Gasteiger partial charge in [-0.3, -0.25) is 9.69 Å². The maximum atomic E-state index is 12.4. The van der Waals surface area contributed by atoms with Crippen LogP contribution >= 0.6 is 0 Å². The summed E-state index contributed by atoms with van der Waals surface area (Å²) in [5.74, 6) is 1.17. The lowest BCUT2D eigenvalue weighted by Crippen LogP contribution is -2.28. The normalized spacial score (nSPS) is 12.8. The highest BCUT2D eigenvalue weighted by atomic mass is 16.5. The Morgan fingerprint density at radius 2 is 1.79 bits per heavy atom. The summed E-state index contributed by atoms with van der Waals surface area (Å²) < 4.78 is 5.26. The highest BCUT2D eigenvalue weighted by Gasteiger charge is 2.17. The lowest BCUT2D eigenvalue weighted by atomic mass is 9.86. The molecule has 0 N–H and O–H groups in total. The van der Waals surface area contributed by atoms with Gasteiger partial charge in [0.1, 0.15) is 11.5 Å². The van der Waals surface area contributed by atoms with E-state index in [2.05, 4.69) is 62.9 Å². The van der Waals surface area contributed by atoms with Crippen molar-refractivity contribution in [1.82, 2.24) is 4.90 Å². The summed E-state index contributed by atoms with van der Waals surface area (Å²) in [6.45, 7) is 9.32. The predicted molar refractivity (Wildman–Crippen MR) is 117 cm³/mol. The first-order chi connectivity index (χ1) is 13.2. The maximum Gasteiger partial charge on any atom is 0.146 e. The zero-order valence-electron chi connectivity index (χ0n) is 18.3. The Morgan fingerprint density at radius 3 is 2.39 bits per heavy atom. The van der Waals surface area contributed by atoms with E-state index in [0.717, 1.165) is 18.6 Å². The van der Waals surface area contributed by atoms with Gasteiger partial charge in [-0.2, -0.15) is 0 Å². The van der Waals surface area contributed by atoms with Crippen LogP contribution in [0.4, 0.5) is 0 Å². The largest absolute Gasteiger partial charge is 0.497 e. The molecule has 2 aromatic carbocycles. The molecule has 152 valence electrons. The molecule has 3 heteroatoms.